The van der Waals surface area contributed by atoms with Gasteiger partial charge in [-0.15, -0.1) is 0 Å². The van der Waals surface area contributed by atoms with Crippen LogP contribution in [0.4, 0.5) is 30.6 Å². The van der Waals surface area contributed by atoms with Crippen molar-refractivity contribution in [3.05, 3.63) is 41.6 Å². The number of rotatable bonds is 6. The highest BCUT2D eigenvalue weighted by Crippen LogP contribution is 2.54. The topological polar surface area (TPSA) is 90.8 Å². The van der Waals surface area contributed by atoms with Crippen LogP contribution >= 0.6 is 0 Å². The van der Waals surface area contributed by atoms with Gasteiger partial charge in [0.15, 0.2) is 0 Å². The molecule has 1 unspecified atom stereocenters. The number of nitrogens with one attached hydrogen (secondary N) is 1. The van der Waals surface area contributed by atoms with E-state index < -0.39 is 24.6 Å². The van der Waals surface area contributed by atoms with Crippen LogP contribution in [0.1, 0.15) is 47.7 Å². The largest absolute Gasteiger partial charge is 0.399 e. The zero-order valence-corrected chi connectivity index (χ0v) is 19.9. The summed E-state index contributed by atoms with van der Waals surface area (Å²) in [5.41, 5.74) is 0.235. The van der Waals surface area contributed by atoms with Crippen molar-refractivity contribution in [2.75, 3.05) is 61.1 Å². The molecule has 3 fully saturated rings. The van der Waals surface area contributed by atoms with Crippen molar-refractivity contribution in [1.82, 2.24) is 9.97 Å². The second-order valence-electron chi connectivity index (χ2n) is 9.81. The lowest BCUT2D eigenvalue weighted by Crippen LogP contribution is -2.37. The lowest BCUT2D eigenvalue weighted by atomic mass is 9.93. The molecule has 2 saturated heterocycles. The van der Waals surface area contributed by atoms with E-state index in [9.17, 15) is 23.1 Å². The summed E-state index contributed by atoms with van der Waals surface area (Å²) in [4.78, 5) is 26.1. The van der Waals surface area contributed by atoms with E-state index in [1.807, 2.05) is 11.0 Å². The van der Waals surface area contributed by atoms with Crippen molar-refractivity contribution in [3.63, 3.8) is 0 Å². The third-order valence-electron chi connectivity index (χ3n) is 7.47. The van der Waals surface area contributed by atoms with Crippen LogP contribution < -0.4 is 15.1 Å². The fourth-order valence-corrected chi connectivity index (χ4v) is 4.95. The maximum absolute atomic E-state index is 13.5. The molecule has 4 heterocycles. The number of hydrogen-bond acceptors (Lipinski definition) is 7. The maximum atomic E-state index is 13.5. The first kappa shape index (κ1) is 24.8. The number of halogens is 3. The monoisotopic (exact) mass is 505 g/mol. The summed E-state index contributed by atoms with van der Waals surface area (Å²) in [5, 5.41) is 12.2. The number of nitrogens with zero attached hydrogens (tertiary/aromatic N) is 4. The van der Waals surface area contributed by atoms with Gasteiger partial charge in [-0.1, -0.05) is 6.07 Å². The Hall–Kier alpha value is -2.92. The van der Waals surface area contributed by atoms with Crippen molar-refractivity contribution < 1.29 is 27.8 Å². The number of carbonyl (C=O) groups excluding carboxylic acids is 1. The Morgan fingerprint density at radius 2 is 1.75 bits per heavy atom. The van der Waals surface area contributed by atoms with Crippen molar-refractivity contribution in [1.29, 1.82) is 0 Å². The van der Waals surface area contributed by atoms with Crippen LogP contribution in [0.25, 0.3) is 0 Å². The molecule has 1 atom stereocenters. The number of ether oxygens (including phenoxy) is 1. The Morgan fingerprint density at radius 1 is 1.03 bits per heavy atom. The third kappa shape index (κ3) is 5.27. The van der Waals surface area contributed by atoms with Gasteiger partial charge in [0.2, 0.25) is 0 Å². The molecule has 0 radical (unpaired) electrons. The Balaban J connectivity index is 1.41. The van der Waals surface area contributed by atoms with Gasteiger partial charge in [-0.25, -0.2) is 9.97 Å². The number of morpholine rings is 1. The Morgan fingerprint density at radius 3 is 2.39 bits per heavy atom. The Kier molecular flexibility index (Phi) is 6.78. The van der Waals surface area contributed by atoms with Crippen LogP contribution in [0.3, 0.4) is 0 Å². The summed E-state index contributed by atoms with van der Waals surface area (Å²) in [6, 6.07) is 7.87. The second-order valence-corrected chi connectivity index (χ2v) is 9.81. The molecule has 2 N–H and O–H groups in total. The molecule has 3 aliphatic rings. The number of amides is 1. The first-order valence-electron chi connectivity index (χ1n) is 12.3. The lowest BCUT2D eigenvalue weighted by Gasteiger charge is -2.34. The smallest absolute Gasteiger partial charge is 0.395 e. The summed E-state index contributed by atoms with van der Waals surface area (Å²) in [7, 11) is 0. The van der Waals surface area contributed by atoms with Crippen LogP contribution in [0.2, 0.25) is 0 Å². The van der Waals surface area contributed by atoms with Gasteiger partial charge in [0.05, 0.1) is 31.1 Å². The Bertz CT molecular complexity index is 1090. The SMILES string of the molecule is O=C(Nc1cccc(N2CCOCC2)n1)c1ccc(C(CO)C(F)(F)F)nc1N1CCC2(CC1)CC2. The van der Waals surface area contributed by atoms with Crippen LogP contribution in [0.15, 0.2) is 30.3 Å². The van der Waals surface area contributed by atoms with Crippen molar-refractivity contribution in [2.24, 2.45) is 5.41 Å². The molecule has 2 aromatic rings. The number of aromatic nitrogens is 2. The number of pyridine rings is 2. The summed E-state index contributed by atoms with van der Waals surface area (Å²) >= 11 is 0. The van der Waals surface area contributed by atoms with Gasteiger partial charge in [0, 0.05) is 26.2 Å². The predicted octanol–water partition coefficient (Wildman–Crippen LogP) is 3.58. The molecule has 2 aliphatic heterocycles. The molecular formula is C25H30F3N5O3. The van der Waals surface area contributed by atoms with E-state index in [0.29, 0.717) is 56.4 Å². The standard InChI is InChI=1S/C25H30F3N5O3/c26-25(27,28)18(16-34)19-5-4-17(22(29-19)33-10-8-24(6-7-24)9-11-33)23(35)31-20-2-1-3-21(30-20)32-12-14-36-15-13-32/h1-5,18,34H,6-16H2,(H,30,31,35). The van der Waals surface area contributed by atoms with Crippen LogP contribution in [0, 0.1) is 5.41 Å². The normalized spacial score (nSPS) is 20.3. The number of carbonyl (C=O) groups is 1. The highest BCUT2D eigenvalue weighted by molar-refractivity contribution is 6.07. The van der Waals surface area contributed by atoms with E-state index in [1.165, 1.54) is 25.0 Å². The zero-order chi connectivity index (χ0) is 25.3. The predicted molar refractivity (Wildman–Crippen MR) is 128 cm³/mol. The minimum Gasteiger partial charge on any atom is -0.395 e. The number of alkyl halides is 3. The molecule has 11 heteroatoms. The van der Waals surface area contributed by atoms with E-state index >= 15 is 0 Å². The molecule has 1 spiro atoms. The van der Waals surface area contributed by atoms with Gasteiger partial charge in [0.25, 0.3) is 5.91 Å². The first-order chi connectivity index (χ1) is 17.3. The molecule has 5 rings (SSSR count). The van der Waals surface area contributed by atoms with Gasteiger partial charge in [0.1, 0.15) is 23.4 Å². The zero-order valence-electron chi connectivity index (χ0n) is 19.9. The van der Waals surface area contributed by atoms with E-state index in [1.54, 1.807) is 12.1 Å². The average molecular weight is 506 g/mol. The molecule has 36 heavy (non-hydrogen) atoms. The van der Waals surface area contributed by atoms with Gasteiger partial charge >= 0.3 is 6.18 Å². The number of hydrogen-bond donors (Lipinski definition) is 2. The van der Waals surface area contributed by atoms with Crippen LogP contribution in [-0.4, -0.2) is 73.2 Å². The molecule has 1 saturated carbocycles. The van der Waals surface area contributed by atoms with Crippen LogP contribution in [-0.2, 0) is 4.74 Å². The molecule has 1 amide bonds. The third-order valence-corrected chi connectivity index (χ3v) is 7.47. The van der Waals surface area contributed by atoms with Gasteiger partial charge in [-0.05, 0) is 55.4 Å². The fraction of sp³-hybridized carbons (Fsp3) is 0.560. The van der Waals surface area contributed by atoms with Crippen molar-refractivity contribution in [3.8, 4) is 0 Å². The summed E-state index contributed by atoms with van der Waals surface area (Å²) in [6.07, 6.45) is -0.453. The summed E-state index contributed by atoms with van der Waals surface area (Å²) in [5.74, 6) is -1.33. The fourth-order valence-electron chi connectivity index (χ4n) is 4.95. The molecule has 0 aromatic carbocycles. The molecular weight excluding hydrogens is 475 g/mol. The minimum atomic E-state index is -4.65. The minimum absolute atomic E-state index is 0.183. The average Bonchev–Trinajstić information content (AvgIpc) is 3.63. The van der Waals surface area contributed by atoms with E-state index in [4.69, 9.17) is 4.74 Å². The van der Waals surface area contributed by atoms with E-state index in [-0.39, 0.29) is 17.1 Å². The maximum Gasteiger partial charge on any atom is 0.399 e. The summed E-state index contributed by atoms with van der Waals surface area (Å²) in [6.45, 7) is 2.73. The van der Waals surface area contributed by atoms with E-state index in [0.717, 1.165) is 12.8 Å². The van der Waals surface area contributed by atoms with E-state index in [2.05, 4.69) is 20.2 Å². The number of anilines is 3. The number of piperidine rings is 1. The van der Waals surface area contributed by atoms with Gasteiger partial charge in [-0.3, -0.25) is 4.79 Å². The molecule has 8 nitrogen and oxygen atoms in total. The molecule has 2 aromatic heterocycles. The lowest BCUT2D eigenvalue weighted by molar-refractivity contribution is -0.159. The van der Waals surface area contributed by atoms with Gasteiger partial charge < -0.3 is 25.0 Å². The van der Waals surface area contributed by atoms with Crippen molar-refractivity contribution in [2.45, 2.75) is 37.8 Å². The Labute approximate surface area is 207 Å². The van der Waals surface area contributed by atoms with Crippen LogP contribution in [0.5, 0.6) is 0 Å². The first-order valence-corrected chi connectivity index (χ1v) is 12.3. The van der Waals surface area contributed by atoms with Gasteiger partial charge in [-0.2, -0.15) is 13.2 Å². The highest BCUT2D eigenvalue weighted by atomic mass is 19.4. The molecule has 0 bridgehead atoms. The highest BCUT2D eigenvalue weighted by Gasteiger charge is 2.45. The van der Waals surface area contributed by atoms with Crippen molar-refractivity contribution >= 4 is 23.4 Å². The molecule has 194 valence electrons. The molecule has 1 aliphatic carbocycles. The second kappa shape index (κ2) is 9.85. The summed E-state index contributed by atoms with van der Waals surface area (Å²) < 4.78 is 45.9. The quantitative estimate of drug-likeness (QED) is 0.620. The number of aliphatic hydroxyl groups is 1. The number of aliphatic hydroxyl groups excluding tert-OH is 1.